The standard InChI is InChI=1S/C9H17NO/c1-3-5-7-6-8(7)10-9(11)4-2/h7-8H,3-6H2,1-2H3,(H,10,11). The van der Waals surface area contributed by atoms with Gasteiger partial charge in [-0.3, -0.25) is 4.79 Å². The Morgan fingerprint density at radius 3 is 2.82 bits per heavy atom. The molecule has 1 aliphatic rings. The number of hydrogen-bond donors (Lipinski definition) is 1. The van der Waals surface area contributed by atoms with Gasteiger partial charge in [-0.15, -0.1) is 0 Å². The average Bonchev–Trinajstić information content (AvgIpc) is 2.69. The Bertz CT molecular complexity index is 144. The Morgan fingerprint density at radius 2 is 2.27 bits per heavy atom. The van der Waals surface area contributed by atoms with Gasteiger partial charge in [-0.2, -0.15) is 0 Å². The van der Waals surface area contributed by atoms with Gasteiger partial charge in [0.25, 0.3) is 0 Å². The van der Waals surface area contributed by atoms with Gasteiger partial charge in [-0.05, 0) is 18.8 Å². The topological polar surface area (TPSA) is 29.1 Å². The van der Waals surface area contributed by atoms with Crippen LogP contribution >= 0.6 is 0 Å². The normalized spacial score (nSPS) is 28.2. The minimum atomic E-state index is 0.202. The van der Waals surface area contributed by atoms with E-state index in [9.17, 15) is 4.79 Å². The highest BCUT2D eigenvalue weighted by Crippen LogP contribution is 2.34. The second kappa shape index (κ2) is 3.74. The summed E-state index contributed by atoms with van der Waals surface area (Å²) in [4.78, 5) is 10.9. The molecule has 1 amide bonds. The molecule has 2 heteroatoms. The summed E-state index contributed by atoms with van der Waals surface area (Å²) in [7, 11) is 0. The van der Waals surface area contributed by atoms with Gasteiger partial charge < -0.3 is 5.32 Å². The van der Waals surface area contributed by atoms with Crippen LogP contribution in [0.5, 0.6) is 0 Å². The number of nitrogens with one attached hydrogen (secondary N) is 1. The third-order valence-corrected chi connectivity index (χ3v) is 2.25. The summed E-state index contributed by atoms with van der Waals surface area (Å²) < 4.78 is 0. The molecule has 0 aromatic heterocycles. The molecule has 0 spiro atoms. The predicted molar refractivity (Wildman–Crippen MR) is 45.2 cm³/mol. The largest absolute Gasteiger partial charge is 0.353 e. The number of rotatable bonds is 4. The van der Waals surface area contributed by atoms with Crippen molar-refractivity contribution in [3.05, 3.63) is 0 Å². The molecule has 1 saturated carbocycles. The van der Waals surface area contributed by atoms with E-state index >= 15 is 0 Å². The van der Waals surface area contributed by atoms with Gasteiger partial charge >= 0.3 is 0 Å². The first kappa shape index (κ1) is 8.57. The third-order valence-electron chi connectivity index (χ3n) is 2.25. The van der Waals surface area contributed by atoms with Crippen LogP contribution in [-0.2, 0) is 4.79 Å². The van der Waals surface area contributed by atoms with Crippen LogP contribution in [0.1, 0.15) is 39.5 Å². The molecule has 1 N–H and O–H groups in total. The molecule has 0 aliphatic heterocycles. The van der Waals surface area contributed by atoms with E-state index in [0.717, 1.165) is 5.92 Å². The zero-order valence-electron chi connectivity index (χ0n) is 7.39. The summed E-state index contributed by atoms with van der Waals surface area (Å²) in [6.45, 7) is 4.09. The van der Waals surface area contributed by atoms with Crippen LogP contribution in [0.25, 0.3) is 0 Å². The van der Waals surface area contributed by atoms with Gasteiger partial charge in [-0.25, -0.2) is 0 Å². The molecule has 0 aromatic carbocycles. The van der Waals surface area contributed by atoms with Crippen LogP contribution in [0, 0.1) is 5.92 Å². The zero-order valence-corrected chi connectivity index (χ0v) is 7.39. The SMILES string of the molecule is CCCC1CC1NC(=O)CC. The Labute approximate surface area is 68.4 Å². The van der Waals surface area contributed by atoms with E-state index in [4.69, 9.17) is 0 Å². The molecule has 0 radical (unpaired) electrons. The molecule has 2 atom stereocenters. The molecule has 1 fully saturated rings. The molecular weight excluding hydrogens is 138 g/mol. The van der Waals surface area contributed by atoms with Crippen LogP contribution in [0.15, 0.2) is 0 Å². The second-order valence-electron chi connectivity index (χ2n) is 3.31. The fourth-order valence-corrected chi connectivity index (χ4v) is 1.42. The molecule has 0 heterocycles. The van der Waals surface area contributed by atoms with E-state index in [1.807, 2.05) is 6.92 Å². The van der Waals surface area contributed by atoms with Crippen molar-refractivity contribution in [2.75, 3.05) is 0 Å². The summed E-state index contributed by atoms with van der Waals surface area (Å²) in [5.74, 6) is 0.990. The molecule has 64 valence electrons. The fraction of sp³-hybridized carbons (Fsp3) is 0.889. The van der Waals surface area contributed by atoms with Gasteiger partial charge in [0.1, 0.15) is 0 Å². The summed E-state index contributed by atoms with van der Waals surface area (Å²) in [6, 6.07) is 0.516. The predicted octanol–water partition coefficient (Wildman–Crippen LogP) is 1.70. The summed E-state index contributed by atoms with van der Waals surface area (Å²) in [5.41, 5.74) is 0. The maximum absolute atomic E-state index is 10.9. The van der Waals surface area contributed by atoms with E-state index in [0.29, 0.717) is 12.5 Å². The molecule has 11 heavy (non-hydrogen) atoms. The molecule has 1 aliphatic carbocycles. The molecule has 0 bridgehead atoms. The fourth-order valence-electron chi connectivity index (χ4n) is 1.42. The first-order chi connectivity index (χ1) is 5.27. The van der Waals surface area contributed by atoms with Gasteiger partial charge in [0.15, 0.2) is 0 Å². The summed E-state index contributed by atoms with van der Waals surface area (Å²) in [6.07, 6.45) is 4.34. The van der Waals surface area contributed by atoms with Crippen LogP contribution in [-0.4, -0.2) is 11.9 Å². The number of carbonyl (C=O) groups excluding carboxylic acids is 1. The second-order valence-corrected chi connectivity index (χ2v) is 3.31. The first-order valence-corrected chi connectivity index (χ1v) is 4.57. The molecule has 0 aromatic rings. The number of hydrogen-bond acceptors (Lipinski definition) is 1. The van der Waals surface area contributed by atoms with Crippen molar-refractivity contribution in [3.8, 4) is 0 Å². The van der Waals surface area contributed by atoms with Crippen molar-refractivity contribution < 1.29 is 4.79 Å². The van der Waals surface area contributed by atoms with E-state index in [-0.39, 0.29) is 5.91 Å². The van der Waals surface area contributed by atoms with Gasteiger partial charge in [0, 0.05) is 12.5 Å². The van der Waals surface area contributed by atoms with Crippen LogP contribution < -0.4 is 5.32 Å². The van der Waals surface area contributed by atoms with E-state index in [2.05, 4.69) is 12.2 Å². The Morgan fingerprint density at radius 1 is 1.55 bits per heavy atom. The summed E-state index contributed by atoms with van der Waals surface area (Å²) >= 11 is 0. The van der Waals surface area contributed by atoms with Crippen LogP contribution in [0.2, 0.25) is 0 Å². The van der Waals surface area contributed by atoms with Crippen molar-refractivity contribution >= 4 is 5.91 Å². The minimum Gasteiger partial charge on any atom is -0.353 e. The molecular formula is C9H17NO. The van der Waals surface area contributed by atoms with E-state index < -0.39 is 0 Å². The first-order valence-electron chi connectivity index (χ1n) is 4.57. The lowest BCUT2D eigenvalue weighted by molar-refractivity contribution is -0.120. The monoisotopic (exact) mass is 155 g/mol. The van der Waals surface area contributed by atoms with Crippen molar-refractivity contribution in [1.82, 2.24) is 5.32 Å². The molecule has 0 saturated heterocycles. The lowest BCUT2D eigenvalue weighted by atomic mass is 10.2. The molecule has 1 rings (SSSR count). The Kier molecular flexibility index (Phi) is 2.92. The van der Waals surface area contributed by atoms with Crippen molar-refractivity contribution in [3.63, 3.8) is 0 Å². The van der Waals surface area contributed by atoms with Crippen molar-refractivity contribution in [1.29, 1.82) is 0 Å². The lowest BCUT2D eigenvalue weighted by Gasteiger charge is -2.00. The van der Waals surface area contributed by atoms with Gasteiger partial charge in [0.05, 0.1) is 0 Å². The number of amides is 1. The van der Waals surface area contributed by atoms with Gasteiger partial charge in [0.2, 0.25) is 5.91 Å². The highest BCUT2D eigenvalue weighted by molar-refractivity contribution is 5.76. The Hall–Kier alpha value is -0.530. The van der Waals surface area contributed by atoms with E-state index in [1.54, 1.807) is 0 Å². The highest BCUT2D eigenvalue weighted by atomic mass is 16.1. The van der Waals surface area contributed by atoms with Crippen LogP contribution in [0.3, 0.4) is 0 Å². The summed E-state index contributed by atoms with van der Waals surface area (Å²) in [5, 5.41) is 3.00. The minimum absolute atomic E-state index is 0.202. The van der Waals surface area contributed by atoms with Crippen molar-refractivity contribution in [2.45, 2.75) is 45.6 Å². The molecule has 2 nitrogen and oxygen atoms in total. The average molecular weight is 155 g/mol. The maximum Gasteiger partial charge on any atom is 0.219 e. The van der Waals surface area contributed by atoms with Gasteiger partial charge in [-0.1, -0.05) is 20.3 Å². The Balaban J connectivity index is 2.08. The quantitative estimate of drug-likeness (QED) is 0.657. The van der Waals surface area contributed by atoms with Crippen molar-refractivity contribution in [2.24, 2.45) is 5.92 Å². The molecule has 2 unspecified atom stereocenters. The maximum atomic E-state index is 10.9. The number of carbonyl (C=O) groups is 1. The highest BCUT2D eigenvalue weighted by Gasteiger charge is 2.36. The lowest BCUT2D eigenvalue weighted by Crippen LogP contribution is -2.25. The van der Waals surface area contributed by atoms with Crippen LogP contribution in [0.4, 0.5) is 0 Å². The smallest absolute Gasteiger partial charge is 0.219 e. The zero-order chi connectivity index (χ0) is 8.27. The third kappa shape index (κ3) is 2.52. The van der Waals surface area contributed by atoms with E-state index in [1.165, 1.54) is 19.3 Å².